The Labute approximate surface area is 142 Å². The van der Waals surface area contributed by atoms with Crippen LogP contribution >= 0.6 is 22.9 Å². The van der Waals surface area contributed by atoms with E-state index in [4.69, 9.17) is 11.6 Å². The molecule has 0 radical (unpaired) electrons. The number of hydrogen-bond acceptors (Lipinski definition) is 5. The first-order chi connectivity index (χ1) is 11.1. The highest BCUT2D eigenvalue weighted by Crippen LogP contribution is 2.29. The molecule has 2 heterocycles. The second-order valence-corrected chi connectivity index (χ2v) is 6.84. The molecule has 23 heavy (non-hydrogen) atoms. The molecule has 1 aliphatic heterocycles. The Balaban J connectivity index is 1.69. The molecule has 1 aliphatic rings. The number of carbonyl (C=O) groups is 1. The number of amides is 1. The zero-order chi connectivity index (χ0) is 16.4. The van der Waals surface area contributed by atoms with Gasteiger partial charge in [0.05, 0.1) is 14.1 Å². The number of thiophene rings is 1. The van der Waals surface area contributed by atoms with Crippen LogP contribution in [0, 0.1) is 10.1 Å². The summed E-state index contributed by atoms with van der Waals surface area (Å²) in [4.78, 5) is 27.5. The fourth-order valence-corrected chi connectivity index (χ4v) is 3.63. The molecule has 1 fully saturated rings. The predicted molar refractivity (Wildman–Crippen MR) is 90.5 cm³/mol. The first kappa shape index (κ1) is 15.8. The molecule has 3 rings (SSSR count). The zero-order valence-electron chi connectivity index (χ0n) is 12.1. The summed E-state index contributed by atoms with van der Waals surface area (Å²) >= 11 is 7.13. The van der Waals surface area contributed by atoms with Gasteiger partial charge >= 0.3 is 0 Å². The van der Waals surface area contributed by atoms with Crippen LogP contribution < -0.4 is 4.90 Å². The Bertz CT molecular complexity index is 741. The summed E-state index contributed by atoms with van der Waals surface area (Å²) in [5, 5.41) is 11.1. The highest BCUT2D eigenvalue weighted by molar-refractivity contribution is 7.17. The third kappa shape index (κ3) is 3.30. The number of nitro groups is 1. The van der Waals surface area contributed by atoms with E-state index >= 15 is 0 Å². The number of carbonyl (C=O) groups excluding carboxylic acids is 1. The van der Waals surface area contributed by atoms with Crippen LogP contribution in [0.15, 0.2) is 36.4 Å². The van der Waals surface area contributed by atoms with E-state index in [1.807, 2.05) is 4.90 Å². The van der Waals surface area contributed by atoms with Gasteiger partial charge in [-0.3, -0.25) is 14.9 Å². The van der Waals surface area contributed by atoms with Crippen LogP contribution in [0.5, 0.6) is 0 Å². The van der Waals surface area contributed by atoms with Gasteiger partial charge in [0.15, 0.2) is 0 Å². The minimum atomic E-state index is -0.374. The largest absolute Gasteiger partial charge is 0.362 e. The van der Waals surface area contributed by atoms with Crippen molar-refractivity contribution in [1.82, 2.24) is 4.90 Å². The molecule has 120 valence electrons. The summed E-state index contributed by atoms with van der Waals surface area (Å²) in [6.45, 7) is 2.19. The molecule has 0 spiro atoms. The predicted octanol–water partition coefficient (Wildman–Crippen LogP) is 3.27. The lowest BCUT2D eigenvalue weighted by Crippen LogP contribution is -2.48. The lowest BCUT2D eigenvalue weighted by Gasteiger charge is -2.35. The van der Waals surface area contributed by atoms with Crippen LogP contribution in [0.2, 0.25) is 4.34 Å². The standard InChI is InChI=1S/C15H14ClN3O3S/c16-14-6-5-13(23-14)15(20)18-9-7-17(8-10-18)11-3-1-2-4-12(11)19(21)22/h1-6H,7-10H2. The molecular weight excluding hydrogens is 338 g/mol. The van der Waals surface area contributed by atoms with E-state index < -0.39 is 0 Å². The number of halogens is 1. The summed E-state index contributed by atoms with van der Waals surface area (Å²) < 4.78 is 0.590. The molecule has 1 saturated heterocycles. The van der Waals surface area contributed by atoms with Gasteiger partial charge in [-0.05, 0) is 18.2 Å². The third-order valence-electron chi connectivity index (χ3n) is 3.77. The van der Waals surface area contributed by atoms with E-state index in [-0.39, 0.29) is 16.5 Å². The minimum absolute atomic E-state index is 0.0379. The van der Waals surface area contributed by atoms with Crippen molar-refractivity contribution in [2.45, 2.75) is 0 Å². The topological polar surface area (TPSA) is 66.7 Å². The molecule has 0 atom stereocenters. The van der Waals surface area contributed by atoms with Gasteiger partial charge in [0.25, 0.3) is 11.6 Å². The summed E-state index contributed by atoms with van der Waals surface area (Å²) in [5.41, 5.74) is 0.695. The SMILES string of the molecule is O=C(c1ccc(Cl)s1)N1CCN(c2ccccc2[N+](=O)[O-])CC1. The molecule has 1 aromatic carbocycles. The molecule has 1 aromatic heterocycles. The van der Waals surface area contributed by atoms with Crippen LogP contribution in [0.1, 0.15) is 9.67 Å². The number of para-hydroxylation sites is 2. The number of anilines is 1. The van der Waals surface area contributed by atoms with Gasteiger partial charge in [0.2, 0.25) is 0 Å². The van der Waals surface area contributed by atoms with Crippen LogP contribution in [0.25, 0.3) is 0 Å². The van der Waals surface area contributed by atoms with Crippen molar-refractivity contribution in [3.8, 4) is 0 Å². The maximum absolute atomic E-state index is 12.4. The van der Waals surface area contributed by atoms with Gasteiger partial charge in [-0.1, -0.05) is 23.7 Å². The van der Waals surface area contributed by atoms with E-state index in [2.05, 4.69) is 0 Å². The molecular formula is C15H14ClN3O3S. The van der Waals surface area contributed by atoms with Crippen molar-refractivity contribution in [2.24, 2.45) is 0 Å². The maximum atomic E-state index is 12.4. The van der Waals surface area contributed by atoms with Crippen molar-refractivity contribution >= 4 is 40.2 Å². The molecule has 8 heteroatoms. The van der Waals surface area contributed by atoms with Crippen LogP contribution in [-0.2, 0) is 0 Å². The first-order valence-electron chi connectivity index (χ1n) is 7.09. The molecule has 0 bridgehead atoms. The Hall–Kier alpha value is -2.12. The highest BCUT2D eigenvalue weighted by Gasteiger charge is 2.26. The molecule has 0 N–H and O–H groups in total. The number of nitro benzene ring substituents is 1. The van der Waals surface area contributed by atoms with E-state index in [1.54, 1.807) is 35.2 Å². The zero-order valence-corrected chi connectivity index (χ0v) is 13.7. The minimum Gasteiger partial charge on any atom is -0.362 e. The van der Waals surface area contributed by atoms with Gasteiger partial charge in [0.1, 0.15) is 5.69 Å². The van der Waals surface area contributed by atoms with Crippen molar-refractivity contribution in [3.05, 3.63) is 55.7 Å². The van der Waals surface area contributed by atoms with E-state index in [0.29, 0.717) is 41.1 Å². The molecule has 0 unspecified atom stereocenters. The van der Waals surface area contributed by atoms with E-state index in [9.17, 15) is 14.9 Å². The lowest BCUT2D eigenvalue weighted by molar-refractivity contribution is -0.384. The maximum Gasteiger partial charge on any atom is 0.292 e. The smallest absolute Gasteiger partial charge is 0.292 e. The van der Waals surface area contributed by atoms with Crippen molar-refractivity contribution in [3.63, 3.8) is 0 Å². The normalized spacial score (nSPS) is 14.8. The fourth-order valence-electron chi connectivity index (χ4n) is 2.62. The fraction of sp³-hybridized carbons (Fsp3) is 0.267. The number of piperazine rings is 1. The number of benzene rings is 1. The van der Waals surface area contributed by atoms with Gasteiger partial charge in [0, 0.05) is 32.2 Å². The average molecular weight is 352 g/mol. The van der Waals surface area contributed by atoms with Gasteiger partial charge < -0.3 is 9.80 Å². The van der Waals surface area contributed by atoms with Gasteiger partial charge in [-0.25, -0.2) is 0 Å². The average Bonchev–Trinajstić information content (AvgIpc) is 3.01. The Morgan fingerprint density at radius 3 is 2.43 bits per heavy atom. The first-order valence-corrected chi connectivity index (χ1v) is 8.28. The Morgan fingerprint density at radius 2 is 1.83 bits per heavy atom. The summed E-state index contributed by atoms with van der Waals surface area (Å²) in [5.74, 6) is -0.0379. The molecule has 0 saturated carbocycles. The molecule has 1 amide bonds. The third-order valence-corrected chi connectivity index (χ3v) is 4.99. The van der Waals surface area contributed by atoms with Gasteiger partial charge in [-0.2, -0.15) is 0 Å². The van der Waals surface area contributed by atoms with Gasteiger partial charge in [-0.15, -0.1) is 11.3 Å². The van der Waals surface area contributed by atoms with Crippen LogP contribution in [-0.4, -0.2) is 41.9 Å². The van der Waals surface area contributed by atoms with Crippen molar-refractivity contribution in [1.29, 1.82) is 0 Å². The molecule has 2 aromatic rings. The number of rotatable bonds is 3. The monoisotopic (exact) mass is 351 g/mol. The van der Waals surface area contributed by atoms with Crippen molar-refractivity contribution in [2.75, 3.05) is 31.1 Å². The number of hydrogen-bond donors (Lipinski definition) is 0. The molecule has 0 aliphatic carbocycles. The quantitative estimate of drug-likeness (QED) is 0.628. The molecule has 6 nitrogen and oxygen atoms in total. The lowest BCUT2D eigenvalue weighted by atomic mass is 10.2. The van der Waals surface area contributed by atoms with E-state index in [1.165, 1.54) is 17.4 Å². The summed E-state index contributed by atoms with van der Waals surface area (Å²) in [6.07, 6.45) is 0. The van der Waals surface area contributed by atoms with E-state index in [0.717, 1.165) is 0 Å². The summed E-state index contributed by atoms with van der Waals surface area (Å²) in [6, 6.07) is 10.1. The second-order valence-electron chi connectivity index (χ2n) is 5.13. The van der Waals surface area contributed by atoms with Crippen LogP contribution in [0.4, 0.5) is 11.4 Å². The number of nitrogens with zero attached hydrogens (tertiary/aromatic N) is 3. The summed E-state index contributed by atoms with van der Waals surface area (Å²) in [7, 11) is 0. The highest BCUT2D eigenvalue weighted by atomic mass is 35.5. The Morgan fingerprint density at radius 1 is 1.13 bits per heavy atom. The van der Waals surface area contributed by atoms with Crippen LogP contribution in [0.3, 0.4) is 0 Å². The second kappa shape index (κ2) is 6.55. The Kier molecular flexibility index (Phi) is 4.49. The van der Waals surface area contributed by atoms with Crippen molar-refractivity contribution < 1.29 is 9.72 Å².